The first-order chi connectivity index (χ1) is 7.20. The summed E-state index contributed by atoms with van der Waals surface area (Å²) in [5, 5.41) is 9.70. The van der Waals surface area contributed by atoms with Gasteiger partial charge < -0.3 is 10.8 Å². The average Bonchev–Trinajstić information content (AvgIpc) is 2.38. The first-order valence-electron chi connectivity index (χ1n) is 4.87. The molecular weight excluding hydrogens is 227 g/mol. The van der Waals surface area contributed by atoms with Gasteiger partial charge in [0, 0.05) is 12.0 Å². The number of rotatable bonds is 0. The van der Waals surface area contributed by atoms with Crippen LogP contribution in [0, 0.1) is 0 Å². The molecule has 0 bridgehead atoms. The summed E-state index contributed by atoms with van der Waals surface area (Å²) < 4.78 is 38.2. The molecule has 8 heteroatoms. The Balaban J connectivity index is 2.32. The van der Waals surface area contributed by atoms with Gasteiger partial charge in [0.05, 0.1) is 0 Å². The number of hydrazine groups is 1. The molecule has 1 saturated heterocycles. The molecule has 1 aliphatic heterocycles. The molecule has 0 aromatic rings. The summed E-state index contributed by atoms with van der Waals surface area (Å²) in [6, 6.07) is -1.33. The van der Waals surface area contributed by atoms with Crippen molar-refractivity contribution in [3.05, 3.63) is 0 Å². The van der Waals surface area contributed by atoms with Crippen LogP contribution >= 0.6 is 0 Å². The summed E-state index contributed by atoms with van der Waals surface area (Å²) in [5.74, 6) is 0. The summed E-state index contributed by atoms with van der Waals surface area (Å²) in [5.41, 5.74) is 3.19. The van der Waals surface area contributed by atoms with Gasteiger partial charge in [0.15, 0.2) is 0 Å². The van der Waals surface area contributed by atoms with Gasteiger partial charge in [0.25, 0.3) is 5.72 Å². The van der Waals surface area contributed by atoms with E-state index in [-0.39, 0.29) is 5.01 Å². The third kappa shape index (κ3) is 1.36. The number of alkyl halides is 3. The fourth-order valence-electron chi connectivity index (χ4n) is 2.28. The molecule has 1 heterocycles. The van der Waals surface area contributed by atoms with E-state index in [4.69, 9.17) is 5.73 Å². The number of primary amides is 1. The van der Waals surface area contributed by atoms with E-state index < -0.39 is 29.9 Å². The first kappa shape index (κ1) is 11.5. The maximum absolute atomic E-state index is 12.7. The third-order valence-electron chi connectivity index (χ3n) is 3.29. The van der Waals surface area contributed by atoms with Crippen molar-refractivity contribution in [2.75, 3.05) is 0 Å². The SMILES string of the molecule is NC(=O)N1NC2(CCC2)C[C@@]1(O)C(F)(F)F. The second-order valence-electron chi connectivity index (χ2n) is 4.41. The number of hydrogen-bond acceptors (Lipinski definition) is 3. The second-order valence-corrected chi connectivity index (χ2v) is 4.41. The molecule has 0 aromatic heterocycles. The molecule has 0 aromatic carbocycles. The molecule has 0 unspecified atom stereocenters. The van der Waals surface area contributed by atoms with Crippen molar-refractivity contribution in [1.82, 2.24) is 10.4 Å². The number of nitrogens with two attached hydrogens (primary N) is 1. The highest BCUT2D eigenvalue weighted by atomic mass is 19.4. The molecular formula is C8H12F3N3O2. The lowest BCUT2D eigenvalue weighted by Gasteiger charge is -2.37. The van der Waals surface area contributed by atoms with Crippen molar-refractivity contribution in [2.24, 2.45) is 5.73 Å². The first-order valence-corrected chi connectivity index (χ1v) is 4.87. The Morgan fingerprint density at radius 1 is 1.44 bits per heavy atom. The molecule has 92 valence electrons. The Hall–Kier alpha value is -1.02. The maximum Gasteiger partial charge on any atom is 0.438 e. The van der Waals surface area contributed by atoms with Gasteiger partial charge in [-0.2, -0.15) is 13.2 Å². The van der Waals surface area contributed by atoms with Crippen LogP contribution in [0.25, 0.3) is 0 Å². The van der Waals surface area contributed by atoms with Crippen LogP contribution in [0.2, 0.25) is 0 Å². The van der Waals surface area contributed by atoms with Crippen LogP contribution in [0.5, 0.6) is 0 Å². The predicted octanol–water partition coefficient (Wildman–Crippen LogP) is 0.449. The zero-order valence-corrected chi connectivity index (χ0v) is 8.34. The lowest BCUT2D eigenvalue weighted by molar-refractivity contribution is -0.299. The lowest BCUT2D eigenvalue weighted by Crippen LogP contribution is -2.62. The number of aliphatic hydroxyl groups is 1. The zero-order valence-electron chi connectivity index (χ0n) is 8.34. The zero-order chi connectivity index (χ0) is 12.2. The molecule has 4 N–H and O–H groups in total. The highest BCUT2D eigenvalue weighted by molar-refractivity contribution is 5.73. The van der Waals surface area contributed by atoms with E-state index in [1.165, 1.54) is 0 Å². The van der Waals surface area contributed by atoms with Crippen LogP contribution in [0.1, 0.15) is 25.7 Å². The predicted molar refractivity (Wildman–Crippen MR) is 46.8 cm³/mol. The summed E-state index contributed by atoms with van der Waals surface area (Å²) in [6.07, 6.45) is -3.72. The van der Waals surface area contributed by atoms with Crippen molar-refractivity contribution in [2.45, 2.75) is 43.1 Å². The molecule has 2 fully saturated rings. The number of carbonyl (C=O) groups is 1. The molecule has 1 aliphatic carbocycles. The van der Waals surface area contributed by atoms with Gasteiger partial charge in [0.1, 0.15) is 0 Å². The number of amides is 2. The van der Waals surface area contributed by atoms with Gasteiger partial charge in [-0.15, -0.1) is 0 Å². The van der Waals surface area contributed by atoms with Crippen molar-refractivity contribution >= 4 is 6.03 Å². The number of carbonyl (C=O) groups excluding carboxylic acids is 1. The van der Waals surface area contributed by atoms with E-state index in [0.29, 0.717) is 12.8 Å². The van der Waals surface area contributed by atoms with Gasteiger partial charge in [0.2, 0.25) is 0 Å². The van der Waals surface area contributed by atoms with Crippen LogP contribution in [0.15, 0.2) is 0 Å². The standard InChI is InChI=1S/C8H12F3N3O2/c9-8(10,11)7(16)4-6(2-1-3-6)13-14(7)5(12)15/h13,16H,1-4H2,(H2,12,15)/t7-/m1/s1. The van der Waals surface area contributed by atoms with Crippen LogP contribution in [-0.2, 0) is 0 Å². The minimum atomic E-state index is -4.92. The minimum Gasteiger partial charge on any atom is -0.362 e. The largest absolute Gasteiger partial charge is 0.438 e. The van der Waals surface area contributed by atoms with Gasteiger partial charge >= 0.3 is 12.2 Å². The summed E-state index contributed by atoms with van der Waals surface area (Å²) in [4.78, 5) is 10.9. The Labute approximate surface area is 89.4 Å². The summed E-state index contributed by atoms with van der Waals surface area (Å²) in [7, 11) is 0. The summed E-state index contributed by atoms with van der Waals surface area (Å²) >= 11 is 0. The van der Waals surface area contributed by atoms with E-state index in [1.54, 1.807) is 0 Å². The molecule has 2 rings (SSSR count). The van der Waals surface area contributed by atoms with Crippen LogP contribution in [0.3, 0.4) is 0 Å². The number of hydrogen-bond donors (Lipinski definition) is 3. The molecule has 2 aliphatic rings. The lowest BCUT2D eigenvalue weighted by atomic mass is 9.74. The molecule has 1 saturated carbocycles. The quantitative estimate of drug-likeness (QED) is 0.574. The van der Waals surface area contributed by atoms with Gasteiger partial charge in [-0.1, -0.05) is 0 Å². The van der Waals surface area contributed by atoms with Crippen molar-refractivity contribution in [1.29, 1.82) is 0 Å². The highest BCUT2D eigenvalue weighted by Crippen LogP contribution is 2.49. The Morgan fingerprint density at radius 3 is 2.25 bits per heavy atom. The van der Waals surface area contributed by atoms with E-state index in [9.17, 15) is 23.1 Å². The van der Waals surface area contributed by atoms with E-state index in [0.717, 1.165) is 6.42 Å². The van der Waals surface area contributed by atoms with Crippen LogP contribution in [0.4, 0.5) is 18.0 Å². The molecule has 5 nitrogen and oxygen atoms in total. The fraction of sp³-hybridized carbons (Fsp3) is 0.875. The normalized spacial score (nSPS) is 32.9. The van der Waals surface area contributed by atoms with Crippen LogP contribution in [-0.4, -0.2) is 33.6 Å². The Bertz CT molecular complexity index is 329. The topological polar surface area (TPSA) is 78.6 Å². The van der Waals surface area contributed by atoms with Crippen molar-refractivity contribution in [3.8, 4) is 0 Å². The van der Waals surface area contributed by atoms with Gasteiger partial charge in [-0.05, 0) is 19.3 Å². The molecule has 16 heavy (non-hydrogen) atoms. The Morgan fingerprint density at radius 2 is 2.00 bits per heavy atom. The van der Waals surface area contributed by atoms with Crippen molar-refractivity contribution < 1.29 is 23.1 Å². The van der Waals surface area contributed by atoms with Gasteiger partial charge in [-0.25, -0.2) is 15.2 Å². The van der Waals surface area contributed by atoms with E-state index in [2.05, 4.69) is 5.43 Å². The third-order valence-corrected chi connectivity index (χ3v) is 3.29. The number of urea groups is 1. The molecule has 1 spiro atoms. The molecule has 1 atom stereocenters. The van der Waals surface area contributed by atoms with Gasteiger partial charge in [-0.3, -0.25) is 0 Å². The minimum absolute atomic E-state index is 0.103. The van der Waals surface area contributed by atoms with E-state index in [1.807, 2.05) is 0 Å². The fourth-order valence-corrected chi connectivity index (χ4v) is 2.28. The molecule has 2 amide bonds. The summed E-state index contributed by atoms with van der Waals surface area (Å²) in [6.45, 7) is 0. The number of nitrogens with zero attached hydrogens (tertiary/aromatic N) is 1. The highest BCUT2D eigenvalue weighted by Gasteiger charge is 2.68. The number of halogens is 3. The average molecular weight is 239 g/mol. The van der Waals surface area contributed by atoms with E-state index >= 15 is 0 Å². The van der Waals surface area contributed by atoms with Crippen molar-refractivity contribution in [3.63, 3.8) is 0 Å². The smallest absolute Gasteiger partial charge is 0.362 e. The monoisotopic (exact) mass is 239 g/mol. The maximum atomic E-state index is 12.7. The second kappa shape index (κ2) is 3.01. The van der Waals surface area contributed by atoms with Crippen LogP contribution < -0.4 is 11.2 Å². The Kier molecular flexibility index (Phi) is 2.16. The molecule has 0 radical (unpaired) electrons. The number of nitrogens with one attached hydrogen (secondary N) is 1.